The Kier molecular flexibility index (Phi) is 5.54. The molecule has 0 spiro atoms. The molecule has 1 aromatic heterocycles. The number of ether oxygens (including phenoxy) is 1. The van der Waals surface area contributed by atoms with Crippen molar-refractivity contribution < 1.29 is 17.9 Å². The fourth-order valence-corrected chi connectivity index (χ4v) is 4.18. The second-order valence-corrected chi connectivity index (χ2v) is 6.23. The van der Waals surface area contributed by atoms with Crippen LogP contribution in [0.4, 0.5) is 0 Å². The number of sulfonamides is 1. The lowest BCUT2D eigenvalue weighted by Crippen LogP contribution is -2.26. The third kappa shape index (κ3) is 3.80. The van der Waals surface area contributed by atoms with Crippen molar-refractivity contribution in [1.82, 2.24) is 4.72 Å². The fraction of sp³-hybridized carbons (Fsp3) is 0.417. The third-order valence-electron chi connectivity index (χ3n) is 2.28. The van der Waals surface area contributed by atoms with E-state index in [2.05, 4.69) is 21.3 Å². The largest absolute Gasteiger partial charge is 0.465 e. The summed E-state index contributed by atoms with van der Waals surface area (Å²) in [6.07, 6.45) is 0.423. The number of hydrogen-bond acceptors (Lipinski definition) is 5. The quantitative estimate of drug-likeness (QED) is 0.508. The number of methoxy groups -OCH3 is 1. The number of hydrogen-bond donors (Lipinski definition) is 1. The maximum atomic E-state index is 12.2. The van der Waals surface area contributed by atoms with Gasteiger partial charge >= 0.3 is 5.97 Å². The molecule has 1 aromatic rings. The molecule has 0 bridgehead atoms. The Morgan fingerprint density at radius 1 is 1.53 bits per heavy atom. The monoisotopic (exact) mass is 301 g/mol. The van der Waals surface area contributed by atoms with Crippen molar-refractivity contribution in [3.05, 3.63) is 15.8 Å². The first kappa shape index (κ1) is 15.7. The van der Waals surface area contributed by atoms with Gasteiger partial charge in [0.15, 0.2) is 0 Å². The van der Waals surface area contributed by atoms with Gasteiger partial charge in [0.2, 0.25) is 10.0 Å². The van der Waals surface area contributed by atoms with Gasteiger partial charge in [-0.05, 0) is 24.8 Å². The highest BCUT2D eigenvalue weighted by atomic mass is 32.2. The standard InChI is InChI=1S/C12H15NO4S2/c1-4-5-6-7-13-19(15,16)11-9(2)8-18-10(11)12(14)17-3/h8,13H,6-7H2,1-3H3. The van der Waals surface area contributed by atoms with Gasteiger partial charge in [-0.3, -0.25) is 0 Å². The zero-order valence-corrected chi connectivity index (χ0v) is 12.6. The van der Waals surface area contributed by atoms with Gasteiger partial charge in [0.1, 0.15) is 9.77 Å². The Labute approximate surface area is 117 Å². The minimum Gasteiger partial charge on any atom is -0.465 e. The molecule has 19 heavy (non-hydrogen) atoms. The lowest BCUT2D eigenvalue weighted by Gasteiger charge is -2.07. The van der Waals surface area contributed by atoms with E-state index in [1.165, 1.54) is 7.11 Å². The summed E-state index contributed by atoms with van der Waals surface area (Å²) in [4.78, 5) is 11.6. The molecule has 0 saturated heterocycles. The summed E-state index contributed by atoms with van der Waals surface area (Å²) in [5.41, 5.74) is 0.527. The molecule has 1 N–H and O–H groups in total. The highest BCUT2D eigenvalue weighted by Crippen LogP contribution is 2.27. The minimum atomic E-state index is -3.72. The molecular weight excluding hydrogens is 286 g/mol. The molecule has 0 amide bonds. The Morgan fingerprint density at radius 3 is 2.79 bits per heavy atom. The van der Waals surface area contributed by atoms with Crippen molar-refractivity contribution >= 4 is 27.3 Å². The van der Waals surface area contributed by atoms with Crippen LogP contribution >= 0.6 is 11.3 Å². The minimum absolute atomic E-state index is 0.00573. The first-order chi connectivity index (χ1) is 8.94. The van der Waals surface area contributed by atoms with Crippen LogP contribution in [0, 0.1) is 18.8 Å². The molecule has 0 fully saturated rings. The Bertz CT molecular complexity index is 620. The molecule has 0 aromatic carbocycles. The molecule has 0 saturated carbocycles. The van der Waals surface area contributed by atoms with E-state index >= 15 is 0 Å². The number of esters is 1. The van der Waals surface area contributed by atoms with Gasteiger partial charge in [0.25, 0.3) is 0 Å². The van der Waals surface area contributed by atoms with Crippen molar-refractivity contribution in [2.75, 3.05) is 13.7 Å². The van der Waals surface area contributed by atoms with Gasteiger partial charge in [-0.15, -0.1) is 23.2 Å². The predicted molar refractivity (Wildman–Crippen MR) is 73.7 cm³/mol. The zero-order valence-electron chi connectivity index (χ0n) is 10.9. The van der Waals surface area contributed by atoms with Crippen LogP contribution in [0.25, 0.3) is 0 Å². The summed E-state index contributed by atoms with van der Waals surface area (Å²) >= 11 is 1.06. The highest BCUT2D eigenvalue weighted by molar-refractivity contribution is 7.89. The average molecular weight is 301 g/mol. The van der Waals surface area contributed by atoms with Gasteiger partial charge in [-0.25, -0.2) is 17.9 Å². The maximum absolute atomic E-state index is 12.2. The van der Waals surface area contributed by atoms with E-state index in [9.17, 15) is 13.2 Å². The van der Waals surface area contributed by atoms with Crippen LogP contribution in [0.15, 0.2) is 10.3 Å². The first-order valence-electron chi connectivity index (χ1n) is 5.49. The van der Waals surface area contributed by atoms with Gasteiger partial charge in [-0.2, -0.15) is 0 Å². The summed E-state index contributed by atoms with van der Waals surface area (Å²) in [6, 6.07) is 0. The Hall–Kier alpha value is -1.36. The van der Waals surface area contributed by atoms with Crippen molar-refractivity contribution in [3.8, 4) is 11.8 Å². The van der Waals surface area contributed by atoms with Crippen LogP contribution in [0.3, 0.4) is 0 Å². The second-order valence-electron chi connectivity index (χ2n) is 3.64. The summed E-state index contributed by atoms with van der Waals surface area (Å²) in [7, 11) is -2.50. The molecule has 5 nitrogen and oxygen atoms in total. The molecule has 1 rings (SSSR count). The number of aryl methyl sites for hydroxylation is 1. The topological polar surface area (TPSA) is 72.5 Å². The zero-order chi connectivity index (χ0) is 14.5. The molecule has 0 radical (unpaired) electrons. The van der Waals surface area contributed by atoms with Crippen molar-refractivity contribution in [1.29, 1.82) is 0 Å². The SMILES string of the molecule is CC#CCCNS(=O)(=O)c1c(C)csc1C(=O)OC. The van der Waals surface area contributed by atoms with Crippen LogP contribution < -0.4 is 4.72 Å². The summed E-state index contributed by atoms with van der Waals surface area (Å²) in [6.45, 7) is 3.54. The van der Waals surface area contributed by atoms with E-state index in [1.807, 2.05) is 0 Å². The van der Waals surface area contributed by atoms with Crippen molar-refractivity contribution in [2.24, 2.45) is 0 Å². The van der Waals surface area contributed by atoms with Gasteiger partial charge in [0, 0.05) is 13.0 Å². The molecule has 0 aliphatic carbocycles. The molecule has 1 heterocycles. The molecule has 0 unspecified atom stereocenters. The van der Waals surface area contributed by atoms with Crippen LogP contribution in [0.5, 0.6) is 0 Å². The predicted octanol–water partition coefficient (Wildman–Crippen LogP) is 1.53. The molecule has 0 aliphatic heterocycles. The van der Waals surface area contributed by atoms with Gasteiger partial charge < -0.3 is 4.74 Å². The first-order valence-corrected chi connectivity index (χ1v) is 7.86. The Morgan fingerprint density at radius 2 is 2.21 bits per heavy atom. The molecule has 7 heteroatoms. The molecule has 104 valence electrons. The summed E-state index contributed by atoms with van der Waals surface area (Å²) < 4.78 is 31.3. The number of rotatable bonds is 5. The third-order valence-corrected chi connectivity index (χ3v) is 5.13. The van der Waals surface area contributed by atoms with Crippen LogP contribution in [0.2, 0.25) is 0 Å². The summed E-state index contributed by atoms with van der Waals surface area (Å²) in [5, 5.41) is 1.62. The lowest BCUT2D eigenvalue weighted by atomic mass is 10.3. The lowest BCUT2D eigenvalue weighted by molar-refractivity contribution is 0.0602. The molecular formula is C12H15NO4S2. The van der Waals surface area contributed by atoms with E-state index in [0.717, 1.165) is 11.3 Å². The van der Waals surface area contributed by atoms with E-state index in [1.54, 1.807) is 19.2 Å². The second kappa shape index (κ2) is 6.70. The number of nitrogens with one attached hydrogen (secondary N) is 1. The average Bonchev–Trinajstić information content (AvgIpc) is 2.76. The van der Waals surface area contributed by atoms with Crippen LogP contribution in [-0.4, -0.2) is 28.0 Å². The molecule has 0 aliphatic rings. The van der Waals surface area contributed by atoms with Crippen LogP contribution in [0.1, 0.15) is 28.6 Å². The van der Waals surface area contributed by atoms with E-state index in [0.29, 0.717) is 12.0 Å². The smallest absolute Gasteiger partial charge is 0.349 e. The molecule has 0 atom stereocenters. The van der Waals surface area contributed by atoms with E-state index < -0.39 is 16.0 Å². The normalized spacial score (nSPS) is 10.7. The number of carbonyl (C=O) groups is 1. The summed E-state index contributed by atoms with van der Waals surface area (Å²) in [5.74, 6) is 4.80. The van der Waals surface area contributed by atoms with E-state index in [-0.39, 0.29) is 16.3 Å². The fourth-order valence-electron chi connectivity index (χ4n) is 1.45. The van der Waals surface area contributed by atoms with E-state index in [4.69, 9.17) is 0 Å². The van der Waals surface area contributed by atoms with Crippen LogP contribution in [-0.2, 0) is 14.8 Å². The number of thiophene rings is 1. The van der Waals surface area contributed by atoms with Crippen molar-refractivity contribution in [3.63, 3.8) is 0 Å². The van der Waals surface area contributed by atoms with Gasteiger partial charge in [0.05, 0.1) is 7.11 Å². The maximum Gasteiger partial charge on any atom is 0.349 e. The Balaban J connectivity index is 3.03. The van der Waals surface area contributed by atoms with Crippen molar-refractivity contribution in [2.45, 2.75) is 25.2 Å². The number of carbonyl (C=O) groups excluding carboxylic acids is 1. The highest BCUT2D eigenvalue weighted by Gasteiger charge is 2.26. The van der Waals surface area contributed by atoms with Gasteiger partial charge in [-0.1, -0.05) is 0 Å².